The van der Waals surface area contributed by atoms with Crippen LogP contribution < -0.4 is 14.8 Å². The van der Waals surface area contributed by atoms with E-state index in [-0.39, 0.29) is 24.5 Å². The van der Waals surface area contributed by atoms with Crippen molar-refractivity contribution in [2.75, 3.05) is 19.5 Å². The first-order valence-corrected chi connectivity index (χ1v) is 11.2. The molecule has 3 aromatic rings. The lowest BCUT2D eigenvalue weighted by atomic mass is 10.1. The summed E-state index contributed by atoms with van der Waals surface area (Å²) in [6.45, 7) is 0.935. The van der Waals surface area contributed by atoms with Crippen LogP contribution in [0.5, 0.6) is 11.5 Å². The molecule has 0 atom stereocenters. The molecule has 2 heterocycles. The molecule has 1 aliphatic rings. The Kier molecular flexibility index (Phi) is 7.02. The van der Waals surface area contributed by atoms with Crippen LogP contribution in [0.25, 0.3) is 11.4 Å². The monoisotopic (exact) mass is 448 g/mol. The van der Waals surface area contributed by atoms with Crippen molar-refractivity contribution < 1.29 is 19.1 Å². The van der Waals surface area contributed by atoms with Crippen molar-refractivity contribution in [3.8, 4) is 22.9 Å². The van der Waals surface area contributed by atoms with Crippen LogP contribution in [0.2, 0.25) is 0 Å². The number of methoxy groups -OCH3 is 2. The third-order valence-electron chi connectivity index (χ3n) is 5.82. The van der Waals surface area contributed by atoms with Gasteiger partial charge in [0.15, 0.2) is 23.1 Å². The van der Waals surface area contributed by atoms with E-state index in [0.29, 0.717) is 22.7 Å². The number of benzene rings is 2. The first kappa shape index (κ1) is 22.5. The maximum Gasteiger partial charge on any atom is 0.224 e. The fourth-order valence-electron chi connectivity index (χ4n) is 4.01. The summed E-state index contributed by atoms with van der Waals surface area (Å²) in [6, 6.07) is 12.6. The maximum atomic E-state index is 12.5. The molecule has 0 saturated heterocycles. The number of amides is 1. The largest absolute Gasteiger partial charge is 0.493 e. The number of nitrogens with one attached hydrogen (secondary N) is 1. The van der Waals surface area contributed by atoms with Gasteiger partial charge in [0, 0.05) is 42.6 Å². The summed E-state index contributed by atoms with van der Waals surface area (Å²) in [7, 11) is 3.06. The van der Waals surface area contributed by atoms with Crippen molar-refractivity contribution in [1.29, 1.82) is 0 Å². The summed E-state index contributed by atoms with van der Waals surface area (Å²) in [4.78, 5) is 24.9. The zero-order valence-corrected chi connectivity index (χ0v) is 19.0. The summed E-state index contributed by atoms with van der Waals surface area (Å²) in [5, 5.41) is 11.6. The van der Waals surface area contributed by atoms with Crippen LogP contribution in [-0.4, -0.2) is 40.7 Å². The van der Waals surface area contributed by atoms with Gasteiger partial charge in [-0.2, -0.15) is 0 Å². The number of carbonyl (C=O) groups is 2. The summed E-state index contributed by atoms with van der Waals surface area (Å²) in [5.41, 5.74) is 2.13. The Morgan fingerprint density at radius 3 is 2.48 bits per heavy atom. The lowest BCUT2D eigenvalue weighted by Gasteiger charge is -2.10. The van der Waals surface area contributed by atoms with E-state index in [2.05, 4.69) is 20.1 Å². The Hall–Kier alpha value is -3.68. The molecule has 172 valence electrons. The second-order valence-electron chi connectivity index (χ2n) is 8.02. The summed E-state index contributed by atoms with van der Waals surface area (Å²) in [5.74, 6) is 2.60. The lowest BCUT2D eigenvalue weighted by molar-refractivity contribution is -0.116. The van der Waals surface area contributed by atoms with Crippen LogP contribution in [0.3, 0.4) is 0 Å². The molecule has 0 radical (unpaired) electrons. The second kappa shape index (κ2) is 10.3. The molecule has 0 fully saturated rings. The number of ether oxygens (including phenoxy) is 2. The standard InChI is InChI=1S/C25H28N4O4/c1-32-21-13-9-18(16-22(21)33-2)20(30)12-14-24(31)26-19-10-7-17(8-11-19)25-28-27-23-6-4-3-5-15-29(23)25/h7-11,13,16H,3-6,12,14-15H2,1-2H3,(H,26,31). The number of hydrogen-bond donors (Lipinski definition) is 1. The topological polar surface area (TPSA) is 95.3 Å². The van der Waals surface area contributed by atoms with E-state index >= 15 is 0 Å². The molecule has 1 aromatic heterocycles. The van der Waals surface area contributed by atoms with Crippen LogP contribution in [0.15, 0.2) is 42.5 Å². The molecule has 4 rings (SSSR count). The molecule has 8 heteroatoms. The van der Waals surface area contributed by atoms with Crippen molar-refractivity contribution in [3.05, 3.63) is 53.9 Å². The number of nitrogens with zero attached hydrogens (tertiary/aromatic N) is 3. The Balaban J connectivity index is 1.34. The molecule has 33 heavy (non-hydrogen) atoms. The van der Waals surface area contributed by atoms with Crippen LogP contribution in [0.4, 0.5) is 5.69 Å². The fourth-order valence-corrected chi connectivity index (χ4v) is 4.01. The predicted octanol–water partition coefficient (Wildman–Crippen LogP) is 4.29. The number of fused-ring (bicyclic) bond motifs is 1. The number of Topliss-reactive ketones (excluding diaryl/α,β-unsaturated/α-hetero) is 1. The summed E-state index contributed by atoms with van der Waals surface area (Å²) >= 11 is 0. The van der Waals surface area contributed by atoms with Gasteiger partial charge in [0.25, 0.3) is 0 Å². The minimum atomic E-state index is -0.215. The fraction of sp³-hybridized carbons (Fsp3) is 0.360. The van der Waals surface area contributed by atoms with Gasteiger partial charge < -0.3 is 19.4 Å². The van der Waals surface area contributed by atoms with Gasteiger partial charge in [-0.1, -0.05) is 6.42 Å². The quantitative estimate of drug-likeness (QED) is 0.517. The number of hydrogen-bond acceptors (Lipinski definition) is 6. The Bertz CT molecular complexity index is 1140. The van der Waals surface area contributed by atoms with E-state index in [1.807, 2.05) is 24.3 Å². The molecule has 0 unspecified atom stereocenters. The van der Waals surface area contributed by atoms with Gasteiger partial charge in [0.2, 0.25) is 5.91 Å². The van der Waals surface area contributed by atoms with Crippen LogP contribution >= 0.6 is 0 Å². The van der Waals surface area contributed by atoms with E-state index in [1.54, 1.807) is 18.2 Å². The molecule has 0 bridgehead atoms. The lowest BCUT2D eigenvalue weighted by Crippen LogP contribution is -2.13. The van der Waals surface area contributed by atoms with Crippen molar-refractivity contribution >= 4 is 17.4 Å². The Morgan fingerprint density at radius 2 is 1.73 bits per heavy atom. The van der Waals surface area contributed by atoms with Crippen molar-refractivity contribution in [1.82, 2.24) is 14.8 Å². The number of carbonyl (C=O) groups excluding carboxylic acids is 2. The van der Waals surface area contributed by atoms with Gasteiger partial charge in [-0.25, -0.2) is 0 Å². The molecule has 0 aliphatic carbocycles. The van der Waals surface area contributed by atoms with E-state index in [4.69, 9.17) is 9.47 Å². The van der Waals surface area contributed by atoms with Gasteiger partial charge in [-0.15, -0.1) is 10.2 Å². The molecule has 0 spiro atoms. The average Bonchev–Trinajstić information content (AvgIpc) is 3.10. The first-order valence-electron chi connectivity index (χ1n) is 11.2. The molecule has 2 aromatic carbocycles. The highest BCUT2D eigenvalue weighted by Gasteiger charge is 2.16. The summed E-state index contributed by atoms with van der Waals surface area (Å²) < 4.78 is 12.6. The second-order valence-corrected chi connectivity index (χ2v) is 8.02. The number of anilines is 1. The zero-order valence-electron chi connectivity index (χ0n) is 19.0. The highest BCUT2D eigenvalue weighted by Crippen LogP contribution is 2.28. The van der Waals surface area contributed by atoms with Gasteiger partial charge in [-0.3, -0.25) is 9.59 Å². The van der Waals surface area contributed by atoms with Gasteiger partial charge in [0.05, 0.1) is 14.2 Å². The maximum absolute atomic E-state index is 12.5. The Labute approximate surface area is 192 Å². The Morgan fingerprint density at radius 1 is 0.939 bits per heavy atom. The third-order valence-corrected chi connectivity index (χ3v) is 5.82. The smallest absolute Gasteiger partial charge is 0.224 e. The molecular weight excluding hydrogens is 420 g/mol. The molecule has 8 nitrogen and oxygen atoms in total. The first-order chi connectivity index (χ1) is 16.1. The van der Waals surface area contributed by atoms with Crippen molar-refractivity contribution in [3.63, 3.8) is 0 Å². The third kappa shape index (κ3) is 5.22. The molecule has 1 N–H and O–H groups in total. The van der Waals surface area contributed by atoms with Crippen molar-refractivity contribution in [2.24, 2.45) is 0 Å². The highest BCUT2D eigenvalue weighted by atomic mass is 16.5. The van der Waals surface area contributed by atoms with E-state index in [9.17, 15) is 9.59 Å². The van der Waals surface area contributed by atoms with Crippen LogP contribution in [-0.2, 0) is 17.8 Å². The number of aryl methyl sites for hydroxylation is 1. The highest BCUT2D eigenvalue weighted by molar-refractivity contribution is 6.00. The van der Waals surface area contributed by atoms with Gasteiger partial charge >= 0.3 is 0 Å². The molecule has 1 amide bonds. The van der Waals surface area contributed by atoms with E-state index in [0.717, 1.165) is 43.0 Å². The number of aromatic nitrogens is 3. The van der Waals surface area contributed by atoms with Gasteiger partial charge in [-0.05, 0) is 55.3 Å². The van der Waals surface area contributed by atoms with Crippen LogP contribution in [0, 0.1) is 0 Å². The minimum absolute atomic E-state index is 0.0899. The van der Waals surface area contributed by atoms with Crippen LogP contribution in [0.1, 0.15) is 48.3 Å². The molecular formula is C25H28N4O4. The molecule has 1 aliphatic heterocycles. The predicted molar refractivity (Wildman–Crippen MR) is 125 cm³/mol. The molecule has 0 saturated carbocycles. The number of rotatable bonds is 8. The number of ketones is 1. The van der Waals surface area contributed by atoms with E-state index < -0.39 is 0 Å². The van der Waals surface area contributed by atoms with Crippen molar-refractivity contribution in [2.45, 2.75) is 45.1 Å². The summed E-state index contributed by atoms with van der Waals surface area (Å²) in [6.07, 6.45) is 4.65. The normalized spacial score (nSPS) is 13.0. The SMILES string of the molecule is COc1ccc(C(=O)CCC(=O)Nc2ccc(-c3nnc4n3CCCCC4)cc2)cc1OC. The average molecular weight is 449 g/mol. The zero-order chi connectivity index (χ0) is 23.2. The van der Waals surface area contributed by atoms with E-state index in [1.165, 1.54) is 20.6 Å². The minimum Gasteiger partial charge on any atom is -0.493 e. The van der Waals surface area contributed by atoms with Gasteiger partial charge in [0.1, 0.15) is 5.82 Å².